The third-order valence-electron chi connectivity index (χ3n) is 0. The summed E-state index contributed by atoms with van der Waals surface area (Å²) >= 11 is 2.02. The third-order valence-corrected chi connectivity index (χ3v) is 0. The van der Waals surface area contributed by atoms with Crippen LogP contribution in [0.3, 0.4) is 0 Å². The van der Waals surface area contributed by atoms with Crippen LogP contribution in [0.15, 0.2) is 0 Å². The molecule has 1 nitrogen and oxygen atoms in total. The molecule has 4 heteroatoms. The summed E-state index contributed by atoms with van der Waals surface area (Å²) in [6.45, 7) is 0. The Morgan fingerprint density at radius 2 is 1.50 bits per heavy atom. The van der Waals surface area contributed by atoms with Gasteiger partial charge in [0.05, 0.1) is 0 Å². The van der Waals surface area contributed by atoms with Crippen LogP contribution in [-0.4, -0.2) is 0 Å². The zero-order valence-electron chi connectivity index (χ0n) is 1.97. The molecule has 0 unspecified atom stereocenters. The normalized spacial score (nSPS) is 2.25. The van der Waals surface area contributed by atoms with Gasteiger partial charge in [0.25, 0.3) is 0 Å². The predicted octanol–water partition coefficient (Wildman–Crippen LogP) is 0.524. The number of rotatable bonds is 0. The standard InChI is InChI=1S/O.S.V.Zn. The quantitative estimate of drug-likeness (QED) is 0.486. The molecule has 0 aromatic heterocycles. The average molecular weight is 164 g/mol. The molecule has 4 heavy (non-hydrogen) atoms. The molecular weight excluding hydrogens is 164 g/mol. The van der Waals surface area contributed by atoms with Gasteiger partial charge in [-0.05, 0) is 0 Å². The van der Waals surface area contributed by atoms with Gasteiger partial charge >= 0.3 is 47.7 Å². The van der Waals surface area contributed by atoms with E-state index in [0.29, 0.717) is 0 Å². The Morgan fingerprint density at radius 1 is 1.50 bits per heavy atom. The van der Waals surface area contributed by atoms with E-state index in [0.717, 1.165) is 33.9 Å². The van der Waals surface area contributed by atoms with Crippen LogP contribution < -0.4 is 0 Å². The van der Waals surface area contributed by atoms with Crippen molar-refractivity contribution in [3.05, 3.63) is 0 Å². The van der Waals surface area contributed by atoms with E-state index >= 15 is 0 Å². The van der Waals surface area contributed by atoms with Gasteiger partial charge in [-0.25, -0.2) is 0 Å². The van der Waals surface area contributed by atoms with Crippen LogP contribution in [-0.2, 0) is 37.6 Å². The summed E-state index contributed by atoms with van der Waals surface area (Å²) < 4.78 is 8.19. The van der Waals surface area contributed by atoms with Gasteiger partial charge in [-0.1, -0.05) is 0 Å². The van der Waals surface area contributed by atoms with E-state index in [1.807, 2.05) is 0 Å². The van der Waals surface area contributed by atoms with Crippen LogP contribution in [0.4, 0.5) is 0 Å². The Labute approximate surface area is 47.6 Å². The molecule has 0 atom stereocenters. The second kappa shape index (κ2) is 29.2. The van der Waals surface area contributed by atoms with Crippen LogP contribution in [0.1, 0.15) is 0 Å². The Bertz CT molecular complexity index is 10.0. The molecule has 0 spiro atoms. The van der Waals surface area contributed by atoms with Crippen LogP contribution in [0.25, 0.3) is 0 Å². The van der Waals surface area contributed by atoms with E-state index in [9.17, 15) is 0 Å². The summed E-state index contributed by atoms with van der Waals surface area (Å²) in [6.07, 6.45) is 0. The first-order chi connectivity index (χ1) is 2.00. The van der Waals surface area contributed by atoms with Crippen molar-refractivity contribution >= 4 is 10.1 Å². The van der Waals surface area contributed by atoms with Crippen molar-refractivity contribution in [2.45, 2.75) is 0 Å². The van der Waals surface area contributed by atoms with Gasteiger partial charge in [0.15, 0.2) is 0 Å². The van der Waals surface area contributed by atoms with Crippen LogP contribution in [0.5, 0.6) is 0 Å². The third kappa shape index (κ3) is 10.6. The van der Waals surface area contributed by atoms with E-state index in [1.54, 1.807) is 0 Å². The van der Waals surface area contributed by atoms with Crippen molar-refractivity contribution in [1.29, 1.82) is 0 Å². The Kier molecular flexibility index (Phi) is 65.5. The molecule has 0 aliphatic heterocycles. The minimum atomic E-state index is 0.958. The van der Waals surface area contributed by atoms with Gasteiger partial charge < -0.3 is 0 Å². The van der Waals surface area contributed by atoms with Crippen molar-refractivity contribution in [1.82, 2.24) is 0 Å². The Balaban J connectivity index is 0. The molecule has 0 amide bonds. The van der Waals surface area contributed by atoms with Gasteiger partial charge in [-0.2, -0.15) is 0 Å². The monoisotopic (exact) mass is 163 g/mol. The zero-order chi connectivity index (χ0) is 4.00. The maximum absolute atomic E-state index is 8.19. The predicted molar refractivity (Wildman–Crippen MR) is 8.28 cm³/mol. The molecule has 0 rings (SSSR count). The van der Waals surface area contributed by atoms with Gasteiger partial charge in [-0.3, -0.25) is 0 Å². The van der Waals surface area contributed by atoms with Crippen LogP contribution in [0.2, 0.25) is 0 Å². The first-order valence-electron chi connectivity index (χ1n) is 0.471. The first kappa shape index (κ1) is 8.97. The second-order valence-corrected chi connectivity index (χ2v) is 0. The fourth-order valence-electron chi connectivity index (χ4n) is 0. The van der Waals surface area contributed by atoms with E-state index in [2.05, 4.69) is 10.1 Å². The summed E-state index contributed by atoms with van der Waals surface area (Å²) in [5, 5.41) is 0. The first-order valence-corrected chi connectivity index (χ1v) is 5.25. The summed E-state index contributed by atoms with van der Waals surface area (Å²) in [4.78, 5) is 0. The topological polar surface area (TPSA) is 17.1 Å². The fraction of sp³-hybridized carbons (Fsp3) is 0. The molecule has 0 heterocycles. The molecule has 0 saturated carbocycles. The van der Waals surface area contributed by atoms with Gasteiger partial charge in [-0.15, -0.1) is 0 Å². The van der Waals surface area contributed by atoms with Crippen LogP contribution >= 0.6 is 10.1 Å². The van der Waals surface area contributed by atoms with Gasteiger partial charge in [0.1, 0.15) is 0 Å². The van der Waals surface area contributed by atoms with E-state index in [-0.39, 0.29) is 0 Å². The molecule has 0 aliphatic rings. The molecular formula is OSVZn. The van der Waals surface area contributed by atoms with E-state index < -0.39 is 0 Å². The van der Waals surface area contributed by atoms with Crippen molar-refractivity contribution in [3.8, 4) is 0 Å². The van der Waals surface area contributed by atoms with Crippen molar-refractivity contribution < 1.29 is 37.6 Å². The molecule has 0 aromatic rings. The van der Waals surface area contributed by atoms with Crippen molar-refractivity contribution in [2.24, 2.45) is 0 Å². The van der Waals surface area contributed by atoms with Crippen LogP contribution in [0, 0.1) is 0 Å². The minimum absolute atomic E-state index is 0.958. The maximum atomic E-state index is 8.19. The summed E-state index contributed by atoms with van der Waals surface area (Å²) in [6, 6.07) is 0. The molecule has 0 aromatic carbocycles. The molecule has 0 fully saturated rings. The number of hydrogen-bond acceptors (Lipinski definition) is 2. The molecule has 19 valence electrons. The average Bonchev–Trinajstić information content (AvgIpc) is 1.50. The summed E-state index contributed by atoms with van der Waals surface area (Å²) in [7, 11) is 4.21. The number of hydrogen-bond donors (Lipinski definition) is 0. The molecule has 0 N–H and O–H groups in total. The molecule has 0 aliphatic carbocycles. The molecule has 0 radical (unpaired) electrons. The SMILES string of the molecule is [O]=[V].[S]=[Zn]. The Morgan fingerprint density at radius 3 is 1.50 bits per heavy atom. The summed E-state index contributed by atoms with van der Waals surface area (Å²) in [5.41, 5.74) is 0. The summed E-state index contributed by atoms with van der Waals surface area (Å²) in [5.74, 6) is 0. The molecule has 0 saturated heterocycles. The van der Waals surface area contributed by atoms with Crippen molar-refractivity contribution in [2.75, 3.05) is 0 Å². The molecule has 0 bridgehead atoms. The van der Waals surface area contributed by atoms with E-state index in [4.69, 9.17) is 3.67 Å². The zero-order valence-corrected chi connectivity index (χ0v) is 7.15. The Hall–Kier alpha value is 1.23. The van der Waals surface area contributed by atoms with Crippen molar-refractivity contribution in [3.63, 3.8) is 0 Å². The van der Waals surface area contributed by atoms with Gasteiger partial charge in [0, 0.05) is 0 Å². The van der Waals surface area contributed by atoms with E-state index in [1.165, 1.54) is 0 Å². The fourth-order valence-corrected chi connectivity index (χ4v) is 0. The van der Waals surface area contributed by atoms with Gasteiger partial charge in [0.2, 0.25) is 0 Å². The second-order valence-electron chi connectivity index (χ2n) is 0.